The Kier molecular flexibility index (Phi) is 6.95. The fourth-order valence-corrected chi connectivity index (χ4v) is 2.89. The van der Waals surface area contributed by atoms with E-state index in [1.54, 1.807) is 13.2 Å². The van der Waals surface area contributed by atoms with Crippen molar-refractivity contribution in [2.75, 3.05) is 27.5 Å². The van der Waals surface area contributed by atoms with E-state index in [-0.39, 0.29) is 11.9 Å². The topological polar surface area (TPSA) is 97.2 Å². The number of guanidine groups is 1. The molecule has 1 rings (SSSR count). The van der Waals surface area contributed by atoms with Gasteiger partial charge in [0.15, 0.2) is 0 Å². The van der Waals surface area contributed by atoms with E-state index in [1.807, 2.05) is 12.3 Å². The molecule has 0 aliphatic rings. The van der Waals surface area contributed by atoms with E-state index in [4.69, 9.17) is 28.0 Å². The Morgan fingerprint density at radius 2 is 2.09 bits per heavy atom. The van der Waals surface area contributed by atoms with Crippen LogP contribution >= 0.6 is 23.4 Å². The number of hydrogen-bond acceptors (Lipinski definition) is 6. The summed E-state index contributed by atoms with van der Waals surface area (Å²) in [6.07, 6.45) is 1.93. The number of nitrogens with zero attached hydrogens (tertiary/aromatic N) is 3. The van der Waals surface area contributed by atoms with Gasteiger partial charge in [0.25, 0.3) is 5.91 Å². The van der Waals surface area contributed by atoms with Crippen LogP contribution in [0.15, 0.2) is 22.1 Å². The van der Waals surface area contributed by atoms with Crippen LogP contribution in [-0.2, 0) is 11.3 Å². The van der Waals surface area contributed by atoms with E-state index in [9.17, 15) is 4.79 Å². The third-order valence-electron chi connectivity index (χ3n) is 2.97. The number of methoxy groups -OCH3 is 1. The highest BCUT2D eigenvalue weighted by Crippen LogP contribution is 2.31. The molecule has 0 saturated heterocycles. The second-order valence-electron chi connectivity index (χ2n) is 4.45. The lowest BCUT2D eigenvalue weighted by Gasteiger charge is -2.24. The van der Waals surface area contributed by atoms with Gasteiger partial charge in [-0.05, 0) is 18.4 Å². The van der Waals surface area contributed by atoms with Crippen molar-refractivity contribution < 1.29 is 9.53 Å². The third-order valence-corrected chi connectivity index (χ3v) is 4.23. The molecular formula is C13H20ClN5O2S. The summed E-state index contributed by atoms with van der Waals surface area (Å²) in [7, 11) is 4.63. The molecule has 7 nitrogen and oxygen atoms in total. The second-order valence-corrected chi connectivity index (χ2v) is 5.67. The molecule has 0 fully saturated rings. The molecule has 22 heavy (non-hydrogen) atoms. The maximum absolute atomic E-state index is 12.6. The Morgan fingerprint density at radius 1 is 1.45 bits per heavy atom. The zero-order valence-electron chi connectivity index (χ0n) is 13.0. The summed E-state index contributed by atoms with van der Waals surface area (Å²) in [6.45, 7) is 0.314. The lowest BCUT2D eigenvalue weighted by atomic mass is 10.1. The fourth-order valence-electron chi connectivity index (χ4n) is 1.92. The summed E-state index contributed by atoms with van der Waals surface area (Å²) < 4.78 is 5.16. The summed E-state index contributed by atoms with van der Waals surface area (Å²) in [5, 5.41) is 5.01. The van der Waals surface area contributed by atoms with Gasteiger partial charge >= 0.3 is 0 Å². The van der Waals surface area contributed by atoms with Crippen molar-refractivity contribution in [3.63, 3.8) is 0 Å². The van der Waals surface area contributed by atoms with Gasteiger partial charge < -0.3 is 10.6 Å². The first-order valence-electron chi connectivity index (χ1n) is 6.27. The lowest BCUT2D eigenvalue weighted by molar-refractivity contribution is 0.0857. The molecular weight excluding hydrogens is 326 g/mol. The van der Waals surface area contributed by atoms with Crippen LogP contribution in [-0.4, -0.2) is 49.2 Å². The number of hydrogen-bond donors (Lipinski definition) is 2. The summed E-state index contributed by atoms with van der Waals surface area (Å²) in [5.41, 5.74) is 1.10. The fraction of sp³-hybridized carbons (Fsp3) is 0.385. The first-order valence-corrected chi connectivity index (χ1v) is 7.87. The van der Waals surface area contributed by atoms with Gasteiger partial charge in [-0.3, -0.25) is 14.7 Å². The van der Waals surface area contributed by atoms with E-state index in [1.165, 1.54) is 30.8 Å². The number of hydrazone groups is 1. The van der Waals surface area contributed by atoms with Crippen molar-refractivity contribution in [1.29, 1.82) is 0 Å². The van der Waals surface area contributed by atoms with Gasteiger partial charge in [-0.25, -0.2) is 5.84 Å². The highest BCUT2D eigenvalue weighted by Gasteiger charge is 2.23. The van der Waals surface area contributed by atoms with Crippen LogP contribution in [0.25, 0.3) is 0 Å². The van der Waals surface area contributed by atoms with Crippen molar-refractivity contribution in [3.05, 3.63) is 28.3 Å². The minimum absolute atomic E-state index is 0.114. The van der Waals surface area contributed by atoms with Gasteiger partial charge in [0.2, 0.25) is 5.96 Å². The number of hydrazine groups is 1. The van der Waals surface area contributed by atoms with Crippen LogP contribution in [0.2, 0.25) is 5.02 Å². The zero-order chi connectivity index (χ0) is 16.9. The van der Waals surface area contributed by atoms with Crippen LogP contribution in [0.5, 0.6) is 0 Å². The van der Waals surface area contributed by atoms with E-state index in [0.717, 1.165) is 15.5 Å². The molecule has 1 aromatic rings. The Hall–Kier alpha value is -1.48. The smallest absolute Gasteiger partial charge is 0.261 e. The number of amides is 1. The number of ether oxygens (including phenoxy) is 1. The summed E-state index contributed by atoms with van der Waals surface area (Å²) in [5.74, 6) is 10.6. The predicted molar refractivity (Wildman–Crippen MR) is 89.6 cm³/mol. The van der Waals surface area contributed by atoms with Crippen molar-refractivity contribution in [2.24, 2.45) is 16.8 Å². The van der Waals surface area contributed by atoms with Gasteiger partial charge in [-0.2, -0.15) is 0 Å². The van der Waals surface area contributed by atoms with Gasteiger partial charge in [0, 0.05) is 31.7 Å². The molecule has 122 valence electrons. The molecule has 0 atom stereocenters. The van der Waals surface area contributed by atoms with E-state index in [2.05, 4.69) is 5.10 Å². The molecule has 0 radical (unpaired) electrons. The molecule has 1 amide bonds. The van der Waals surface area contributed by atoms with Crippen LogP contribution in [0.4, 0.5) is 0 Å². The maximum atomic E-state index is 12.6. The van der Waals surface area contributed by atoms with E-state index >= 15 is 0 Å². The number of carbonyl (C=O) groups is 1. The quantitative estimate of drug-likeness (QED) is 0.281. The Balaban J connectivity index is 3.27. The predicted octanol–water partition coefficient (Wildman–Crippen LogP) is 1.32. The number of carbonyl (C=O) groups excluding carboxylic acids is 1. The molecule has 0 spiro atoms. The Bertz CT molecular complexity index is 580. The maximum Gasteiger partial charge on any atom is 0.261 e. The first kappa shape index (κ1) is 18.6. The van der Waals surface area contributed by atoms with Crippen LogP contribution < -0.4 is 11.7 Å². The highest BCUT2D eigenvalue weighted by molar-refractivity contribution is 7.98. The van der Waals surface area contributed by atoms with Gasteiger partial charge in [0.1, 0.15) is 0 Å². The largest absolute Gasteiger partial charge is 0.380 e. The number of benzene rings is 1. The Morgan fingerprint density at radius 3 is 2.55 bits per heavy atom. The van der Waals surface area contributed by atoms with Crippen molar-refractivity contribution in [3.8, 4) is 0 Å². The lowest BCUT2D eigenvalue weighted by Crippen LogP contribution is -2.47. The minimum Gasteiger partial charge on any atom is -0.380 e. The van der Waals surface area contributed by atoms with Gasteiger partial charge in [-0.1, -0.05) is 11.6 Å². The number of thioether (sulfide) groups is 1. The molecule has 0 heterocycles. The summed E-state index contributed by atoms with van der Waals surface area (Å²) >= 11 is 7.91. The molecule has 4 N–H and O–H groups in total. The number of halogens is 1. The molecule has 0 aromatic heterocycles. The van der Waals surface area contributed by atoms with Crippen LogP contribution in [0.1, 0.15) is 15.9 Å². The summed E-state index contributed by atoms with van der Waals surface area (Å²) in [4.78, 5) is 14.8. The standard InChI is InChI=1S/C13H20ClN5O2S/c1-18(13(17-15)19(2)16)12(20)8-5-6-10(22-4)9(7-21-3)11(8)14/h5-6H,7,15-16H2,1-4H3/b17-13-. The van der Waals surface area contributed by atoms with Crippen molar-refractivity contribution >= 4 is 35.2 Å². The molecule has 1 aromatic carbocycles. The number of rotatable bonds is 4. The average molecular weight is 346 g/mol. The van der Waals surface area contributed by atoms with E-state index < -0.39 is 0 Å². The second kappa shape index (κ2) is 8.23. The molecule has 0 aliphatic carbocycles. The van der Waals surface area contributed by atoms with E-state index in [0.29, 0.717) is 17.2 Å². The van der Waals surface area contributed by atoms with Crippen molar-refractivity contribution in [2.45, 2.75) is 11.5 Å². The van der Waals surface area contributed by atoms with Crippen molar-refractivity contribution in [1.82, 2.24) is 9.91 Å². The number of nitrogens with two attached hydrogens (primary N) is 2. The first-order chi connectivity index (χ1) is 10.4. The molecule has 0 saturated carbocycles. The van der Waals surface area contributed by atoms with Gasteiger partial charge in [-0.15, -0.1) is 16.9 Å². The molecule has 0 unspecified atom stereocenters. The Labute approximate surface area is 139 Å². The highest BCUT2D eigenvalue weighted by atomic mass is 35.5. The normalized spacial score (nSPS) is 11.5. The van der Waals surface area contributed by atoms with Gasteiger partial charge in [0.05, 0.1) is 17.2 Å². The molecule has 0 aliphatic heterocycles. The summed E-state index contributed by atoms with van der Waals surface area (Å²) in [6, 6.07) is 3.49. The monoisotopic (exact) mass is 345 g/mol. The molecule has 0 bridgehead atoms. The SMILES string of the molecule is COCc1c(SC)ccc(C(=O)N(C)/C(=N/N)N(C)N)c1Cl. The van der Waals surface area contributed by atoms with Crippen LogP contribution in [0.3, 0.4) is 0 Å². The molecule has 9 heteroatoms. The third kappa shape index (κ3) is 3.83. The van der Waals surface area contributed by atoms with Crippen LogP contribution in [0, 0.1) is 0 Å². The minimum atomic E-state index is -0.364. The zero-order valence-corrected chi connectivity index (χ0v) is 14.5. The average Bonchev–Trinajstić information content (AvgIpc) is 2.48.